The highest BCUT2D eigenvalue weighted by atomic mass is 32.1. The van der Waals surface area contributed by atoms with Gasteiger partial charge in [0.15, 0.2) is 0 Å². The quantitative estimate of drug-likeness (QED) is 0.805. The molecule has 0 aliphatic carbocycles. The molecule has 0 aliphatic heterocycles. The summed E-state index contributed by atoms with van der Waals surface area (Å²) in [6.07, 6.45) is 1.76. The summed E-state index contributed by atoms with van der Waals surface area (Å²) >= 11 is 1.49. The second kappa shape index (κ2) is 5.81. The standard InChI is InChI=1S/C16H17N3O2S/c1-10-4-7-14(22-10)16(20)17-8-11-13(21-3)6-5-12-15(11)19(2)9-18-12/h4-7,9H,8H2,1-3H3,(H,17,20). The summed E-state index contributed by atoms with van der Waals surface area (Å²) in [5, 5.41) is 2.96. The smallest absolute Gasteiger partial charge is 0.261 e. The first-order valence-corrected chi connectivity index (χ1v) is 7.73. The van der Waals surface area contributed by atoms with Gasteiger partial charge in [0.25, 0.3) is 5.91 Å². The summed E-state index contributed by atoms with van der Waals surface area (Å²) in [5.41, 5.74) is 2.79. The van der Waals surface area contributed by atoms with Crippen molar-refractivity contribution < 1.29 is 9.53 Å². The Labute approximate surface area is 132 Å². The number of fused-ring (bicyclic) bond motifs is 1. The molecule has 0 unspecified atom stereocenters. The molecule has 22 heavy (non-hydrogen) atoms. The number of methoxy groups -OCH3 is 1. The number of ether oxygens (including phenoxy) is 1. The average Bonchev–Trinajstić information content (AvgIpc) is 3.11. The number of rotatable bonds is 4. The molecule has 3 aromatic rings. The van der Waals surface area contributed by atoms with Crippen LogP contribution >= 0.6 is 11.3 Å². The van der Waals surface area contributed by atoms with E-state index in [4.69, 9.17) is 4.74 Å². The molecule has 1 amide bonds. The van der Waals surface area contributed by atoms with Crippen molar-refractivity contribution in [3.8, 4) is 5.75 Å². The van der Waals surface area contributed by atoms with Gasteiger partial charge in [-0.25, -0.2) is 4.98 Å². The first kappa shape index (κ1) is 14.6. The minimum atomic E-state index is -0.0701. The van der Waals surface area contributed by atoms with Crippen LogP contribution in [0.2, 0.25) is 0 Å². The molecular formula is C16H17N3O2S. The molecule has 1 aromatic carbocycles. The summed E-state index contributed by atoms with van der Waals surface area (Å²) in [5.74, 6) is 0.679. The number of thiophene rings is 1. The van der Waals surface area contributed by atoms with Crippen LogP contribution < -0.4 is 10.1 Å². The van der Waals surface area contributed by atoms with E-state index in [1.54, 1.807) is 13.4 Å². The van der Waals surface area contributed by atoms with E-state index in [9.17, 15) is 4.79 Å². The predicted octanol–water partition coefficient (Wildman–Crippen LogP) is 2.88. The topological polar surface area (TPSA) is 56.1 Å². The maximum absolute atomic E-state index is 12.2. The van der Waals surface area contributed by atoms with E-state index in [0.717, 1.165) is 27.2 Å². The molecule has 0 fully saturated rings. The Hall–Kier alpha value is -2.34. The Morgan fingerprint density at radius 2 is 2.18 bits per heavy atom. The van der Waals surface area contributed by atoms with Crippen molar-refractivity contribution in [1.29, 1.82) is 0 Å². The molecule has 114 valence electrons. The van der Waals surface area contributed by atoms with Crippen molar-refractivity contribution in [2.75, 3.05) is 7.11 Å². The van der Waals surface area contributed by atoms with E-state index >= 15 is 0 Å². The first-order valence-electron chi connectivity index (χ1n) is 6.91. The van der Waals surface area contributed by atoms with Crippen LogP contribution in [0.1, 0.15) is 20.1 Å². The van der Waals surface area contributed by atoms with Crippen molar-refractivity contribution in [2.24, 2.45) is 7.05 Å². The Morgan fingerprint density at radius 1 is 1.36 bits per heavy atom. The molecule has 0 aliphatic rings. The summed E-state index contributed by atoms with van der Waals surface area (Å²) < 4.78 is 7.37. The van der Waals surface area contributed by atoms with Gasteiger partial charge < -0.3 is 14.6 Å². The lowest BCUT2D eigenvalue weighted by Crippen LogP contribution is -2.22. The minimum Gasteiger partial charge on any atom is -0.496 e. The fraction of sp³-hybridized carbons (Fsp3) is 0.250. The number of hydrogen-bond acceptors (Lipinski definition) is 4. The summed E-state index contributed by atoms with van der Waals surface area (Å²) in [4.78, 5) is 18.4. The van der Waals surface area contributed by atoms with Crippen molar-refractivity contribution >= 4 is 28.3 Å². The Kier molecular flexibility index (Phi) is 3.85. The molecule has 0 saturated heterocycles. The molecule has 5 nitrogen and oxygen atoms in total. The third-order valence-electron chi connectivity index (χ3n) is 3.55. The van der Waals surface area contributed by atoms with Crippen molar-refractivity contribution in [1.82, 2.24) is 14.9 Å². The normalized spacial score (nSPS) is 10.9. The maximum Gasteiger partial charge on any atom is 0.261 e. The largest absolute Gasteiger partial charge is 0.496 e. The van der Waals surface area contributed by atoms with Crippen molar-refractivity contribution in [3.63, 3.8) is 0 Å². The highest BCUT2D eigenvalue weighted by Crippen LogP contribution is 2.27. The van der Waals surface area contributed by atoms with Crippen molar-refractivity contribution in [3.05, 3.63) is 45.9 Å². The van der Waals surface area contributed by atoms with Crippen LogP contribution in [0, 0.1) is 6.92 Å². The van der Waals surface area contributed by atoms with Gasteiger partial charge >= 0.3 is 0 Å². The van der Waals surface area contributed by atoms with Crippen LogP contribution in [-0.4, -0.2) is 22.6 Å². The number of nitrogens with zero attached hydrogens (tertiary/aromatic N) is 2. The maximum atomic E-state index is 12.2. The molecule has 2 heterocycles. The van der Waals surface area contributed by atoms with Gasteiger partial charge in [-0.3, -0.25) is 4.79 Å². The number of aromatic nitrogens is 2. The van der Waals surface area contributed by atoms with E-state index in [1.807, 2.05) is 42.8 Å². The van der Waals surface area contributed by atoms with Gasteiger partial charge in [0.1, 0.15) is 5.75 Å². The SMILES string of the molecule is COc1ccc2ncn(C)c2c1CNC(=O)c1ccc(C)s1. The van der Waals surface area contributed by atoms with Crippen LogP contribution in [0.15, 0.2) is 30.6 Å². The summed E-state index contributed by atoms with van der Waals surface area (Å²) in [7, 11) is 3.56. The molecule has 6 heteroatoms. The minimum absolute atomic E-state index is 0.0701. The number of nitrogens with one attached hydrogen (secondary N) is 1. The number of benzene rings is 1. The summed E-state index contributed by atoms with van der Waals surface area (Å²) in [6, 6.07) is 7.59. The molecule has 2 aromatic heterocycles. The van der Waals surface area contributed by atoms with Gasteiger partial charge in [0, 0.05) is 24.0 Å². The van der Waals surface area contributed by atoms with Gasteiger partial charge in [-0.05, 0) is 31.2 Å². The van der Waals surface area contributed by atoms with Gasteiger partial charge in [-0.2, -0.15) is 0 Å². The first-order chi connectivity index (χ1) is 10.6. The van der Waals surface area contributed by atoms with Gasteiger partial charge in [-0.1, -0.05) is 0 Å². The fourth-order valence-corrected chi connectivity index (χ4v) is 3.27. The molecule has 0 radical (unpaired) electrons. The van der Waals surface area contributed by atoms with Crippen LogP contribution in [0.4, 0.5) is 0 Å². The number of hydrogen-bond donors (Lipinski definition) is 1. The number of aryl methyl sites for hydroxylation is 2. The fourth-order valence-electron chi connectivity index (χ4n) is 2.48. The predicted molar refractivity (Wildman–Crippen MR) is 87.5 cm³/mol. The van der Waals surface area contributed by atoms with Gasteiger partial charge in [0.2, 0.25) is 0 Å². The van der Waals surface area contributed by atoms with Gasteiger partial charge in [-0.15, -0.1) is 11.3 Å². The number of imidazole rings is 1. The number of carbonyl (C=O) groups excluding carboxylic acids is 1. The lowest BCUT2D eigenvalue weighted by atomic mass is 10.1. The van der Waals surface area contributed by atoms with Crippen molar-refractivity contribution in [2.45, 2.75) is 13.5 Å². The zero-order valence-corrected chi connectivity index (χ0v) is 13.5. The molecule has 0 saturated carbocycles. The highest BCUT2D eigenvalue weighted by Gasteiger charge is 2.14. The molecule has 0 bridgehead atoms. The molecule has 3 rings (SSSR count). The van der Waals surface area contributed by atoms with E-state index in [2.05, 4.69) is 10.3 Å². The lowest BCUT2D eigenvalue weighted by molar-refractivity contribution is 0.0955. The second-order valence-corrected chi connectivity index (χ2v) is 6.35. The van der Waals surface area contributed by atoms with Gasteiger partial charge in [0.05, 0.1) is 29.3 Å². The third-order valence-corrected chi connectivity index (χ3v) is 4.55. The average molecular weight is 315 g/mol. The molecule has 0 atom stereocenters. The molecular weight excluding hydrogens is 298 g/mol. The van der Waals surface area contributed by atoms with E-state index < -0.39 is 0 Å². The second-order valence-electron chi connectivity index (χ2n) is 5.06. The highest BCUT2D eigenvalue weighted by molar-refractivity contribution is 7.13. The number of carbonyl (C=O) groups is 1. The molecule has 0 spiro atoms. The van der Waals surface area contributed by atoms with E-state index in [-0.39, 0.29) is 5.91 Å². The zero-order chi connectivity index (χ0) is 15.7. The lowest BCUT2D eigenvalue weighted by Gasteiger charge is -2.11. The van der Waals surface area contributed by atoms with Crippen LogP contribution in [0.3, 0.4) is 0 Å². The zero-order valence-electron chi connectivity index (χ0n) is 12.7. The van der Waals surface area contributed by atoms with Crippen LogP contribution in [0.25, 0.3) is 11.0 Å². The summed E-state index contributed by atoms with van der Waals surface area (Å²) in [6.45, 7) is 2.39. The van der Waals surface area contributed by atoms with E-state index in [0.29, 0.717) is 11.4 Å². The number of amides is 1. The Bertz CT molecular complexity index is 835. The van der Waals surface area contributed by atoms with E-state index in [1.165, 1.54) is 11.3 Å². The third kappa shape index (κ3) is 2.57. The molecule has 1 N–H and O–H groups in total. The van der Waals surface area contributed by atoms with Crippen LogP contribution in [0.5, 0.6) is 5.75 Å². The van der Waals surface area contributed by atoms with Crippen LogP contribution in [-0.2, 0) is 13.6 Å². The Balaban J connectivity index is 1.89. The Morgan fingerprint density at radius 3 is 2.86 bits per heavy atom. The monoisotopic (exact) mass is 315 g/mol.